The van der Waals surface area contributed by atoms with Gasteiger partial charge in [0.2, 0.25) is 5.91 Å². The van der Waals surface area contributed by atoms with Crippen LogP contribution in [0, 0.1) is 5.82 Å². The van der Waals surface area contributed by atoms with E-state index in [1.165, 1.54) is 12.1 Å². The van der Waals surface area contributed by atoms with Crippen LogP contribution in [-0.4, -0.2) is 33.5 Å². The number of nitrogens with two attached hydrogens (primary N) is 1. The van der Waals surface area contributed by atoms with E-state index in [1.807, 2.05) is 44.2 Å². The van der Waals surface area contributed by atoms with Gasteiger partial charge in [-0.15, -0.1) is 0 Å². The minimum atomic E-state index is -0.507. The molecule has 1 fully saturated rings. The maximum atomic E-state index is 13.5. The molecule has 0 aliphatic heterocycles. The largest absolute Gasteiger partial charge is 0.367 e. The van der Waals surface area contributed by atoms with Crippen molar-refractivity contribution in [3.63, 3.8) is 0 Å². The van der Waals surface area contributed by atoms with Crippen LogP contribution in [0.5, 0.6) is 0 Å². The molecule has 0 spiro atoms. The number of pyridine rings is 2. The van der Waals surface area contributed by atoms with Gasteiger partial charge in [0.25, 0.3) is 0 Å². The first kappa shape index (κ1) is 26.8. The van der Waals surface area contributed by atoms with E-state index in [2.05, 4.69) is 20.9 Å². The summed E-state index contributed by atoms with van der Waals surface area (Å²) in [5.74, 6) is 1.14. The zero-order valence-electron chi connectivity index (χ0n) is 21.2. The van der Waals surface area contributed by atoms with E-state index in [0.717, 1.165) is 42.6 Å². The molecule has 2 heterocycles. The summed E-state index contributed by atoms with van der Waals surface area (Å²) in [5.41, 5.74) is 7.78. The molecule has 0 radical (unpaired) electrons. The summed E-state index contributed by atoms with van der Waals surface area (Å²) in [7, 11) is 0. The van der Waals surface area contributed by atoms with Crippen molar-refractivity contribution in [2.24, 2.45) is 5.73 Å². The number of aromatic nitrogens is 2. The summed E-state index contributed by atoms with van der Waals surface area (Å²) in [6.45, 7) is 4.17. The molecule has 37 heavy (non-hydrogen) atoms. The fraction of sp³-hybridized carbons (Fsp3) is 0.393. The van der Waals surface area contributed by atoms with Gasteiger partial charge in [0, 0.05) is 42.3 Å². The monoisotopic (exact) mass is 524 g/mol. The van der Waals surface area contributed by atoms with E-state index in [-0.39, 0.29) is 23.8 Å². The molecule has 1 saturated carbocycles. The van der Waals surface area contributed by atoms with E-state index in [1.54, 1.807) is 12.3 Å². The number of hydrogen-bond acceptors (Lipinski definition) is 6. The molecule has 2 aromatic heterocycles. The zero-order valence-corrected chi connectivity index (χ0v) is 22.0. The number of nitrogens with one attached hydrogen (secondary N) is 3. The van der Waals surface area contributed by atoms with Crippen molar-refractivity contribution in [3.8, 4) is 11.3 Å². The molecule has 1 aromatic carbocycles. The van der Waals surface area contributed by atoms with E-state index in [4.69, 9.17) is 22.3 Å². The molecule has 0 saturated heterocycles. The minimum Gasteiger partial charge on any atom is -0.367 e. The predicted molar refractivity (Wildman–Crippen MR) is 147 cm³/mol. The van der Waals surface area contributed by atoms with Crippen LogP contribution < -0.4 is 21.7 Å². The number of hydrogen-bond donors (Lipinski definition) is 4. The summed E-state index contributed by atoms with van der Waals surface area (Å²) < 4.78 is 13.5. The first-order valence-corrected chi connectivity index (χ1v) is 13.0. The average Bonchev–Trinajstić information content (AvgIpc) is 2.84. The summed E-state index contributed by atoms with van der Waals surface area (Å²) in [6.07, 6.45) is 5.60. The zero-order chi connectivity index (χ0) is 26.4. The number of nitrogens with zero attached hydrogens (tertiary/aromatic N) is 2. The van der Waals surface area contributed by atoms with Gasteiger partial charge in [-0.05, 0) is 75.4 Å². The first-order valence-electron chi connectivity index (χ1n) is 12.6. The summed E-state index contributed by atoms with van der Waals surface area (Å²) in [6, 6.07) is 14.5. The third kappa shape index (κ3) is 8.13. The number of amides is 1. The van der Waals surface area contributed by atoms with E-state index >= 15 is 0 Å². The number of carbonyl (C=O) groups excluding carboxylic acids is 1. The Labute approximate surface area is 222 Å². The molecular formula is C28H34ClFN6O. The SMILES string of the molecule is CC(C)(N)CC(=O)NC1CCC(Nc2cc(-c3cccc(NCc4cccc(F)c4)n3)c(Cl)cn2)CC1. The van der Waals surface area contributed by atoms with E-state index < -0.39 is 5.54 Å². The van der Waals surface area contributed by atoms with E-state index in [9.17, 15) is 9.18 Å². The van der Waals surface area contributed by atoms with Crippen LogP contribution in [0.2, 0.25) is 5.02 Å². The molecule has 0 bridgehead atoms. The van der Waals surface area contributed by atoms with Crippen LogP contribution in [0.15, 0.2) is 54.7 Å². The average molecular weight is 525 g/mol. The molecule has 0 unspecified atom stereocenters. The van der Waals surface area contributed by atoms with Gasteiger partial charge in [0.05, 0.1) is 10.7 Å². The van der Waals surface area contributed by atoms with Gasteiger partial charge in [-0.25, -0.2) is 14.4 Å². The van der Waals surface area contributed by atoms with Crippen LogP contribution in [0.3, 0.4) is 0 Å². The number of anilines is 2. The molecule has 1 amide bonds. The lowest BCUT2D eigenvalue weighted by Crippen LogP contribution is -2.44. The Kier molecular flexibility index (Phi) is 8.61. The van der Waals surface area contributed by atoms with Gasteiger partial charge in [0.15, 0.2) is 0 Å². The molecule has 1 aliphatic rings. The highest BCUT2D eigenvalue weighted by Gasteiger charge is 2.24. The Balaban J connectivity index is 1.35. The lowest BCUT2D eigenvalue weighted by Gasteiger charge is -2.30. The van der Waals surface area contributed by atoms with Crippen molar-refractivity contribution >= 4 is 29.1 Å². The lowest BCUT2D eigenvalue weighted by atomic mass is 9.90. The minimum absolute atomic E-state index is 0.00747. The second kappa shape index (κ2) is 11.9. The molecule has 3 aromatic rings. The van der Waals surface area contributed by atoms with E-state index in [0.29, 0.717) is 29.5 Å². The van der Waals surface area contributed by atoms with Crippen molar-refractivity contribution in [1.29, 1.82) is 0 Å². The Hall–Kier alpha value is -3.23. The highest BCUT2D eigenvalue weighted by molar-refractivity contribution is 6.33. The molecule has 9 heteroatoms. The third-order valence-electron chi connectivity index (χ3n) is 6.30. The second-order valence-corrected chi connectivity index (χ2v) is 10.8. The summed E-state index contributed by atoms with van der Waals surface area (Å²) in [4.78, 5) is 21.4. The van der Waals surface area contributed by atoms with Gasteiger partial charge < -0.3 is 21.7 Å². The Morgan fingerprint density at radius 2 is 1.81 bits per heavy atom. The number of benzene rings is 1. The highest BCUT2D eigenvalue weighted by Crippen LogP contribution is 2.30. The Morgan fingerprint density at radius 3 is 2.54 bits per heavy atom. The van der Waals surface area contributed by atoms with Crippen molar-refractivity contribution in [3.05, 3.63) is 71.1 Å². The van der Waals surface area contributed by atoms with Crippen molar-refractivity contribution in [2.75, 3.05) is 10.6 Å². The van der Waals surface area contributed by atoms with Crippen LogP contribution in [-0.2, 0) is 11.3 Å². The molecule has 1 aliphatic carbocycles. The van der Waals surface area contributed by atoms with Crippen molar-refractivity contribution < 1.29 is 9.18 Å². The molecule has 7 nitrogen and oxygen atoms in total. The fourth-order valence-electron chi connectivity index (χ4n) is 4.52. The predicted octanol–water partition coefficient (Wildman–Crippen LogP) is 5.51. The van der Waals surface area contributed by atoms with Crippen LogP contribution in [0.1, 0.15) is 51.5 Å². The number of halogens is 2. The Bertz CT molecular complexity index is 1220. The normalized spacial score (nSPS) is 17.8. The molecule has 196 valence electrons. The highest BCUT2D eigenvalue weighted by atomic mass is 35.5. The smallest absolute Gasteiger partial charge is 0.222 e. The third-order valence-corrected chi connectivity index (χ3v) is 6.60. The maximum absolute atomic E-state index is 13.5. The fourth-order valence-corrected chi connectivity index (χ4v) is 4.72. The molecule has 4 rings (SSSR count). The molecule has 0 atom stereocenters. The second-order valence-electron chi connectivity index (χ2n) is 10.4. The first-order chi connectivity index (χ1) is 17.6. The quantitative estimate of drug-likeness (QED) is 0.294. The summed E-state index contributed by atoms with van der Waals surface area (Å²) in [5, 5.41) is 10.4. The van der Waals surface area contributed by atoms with Crippen molar-refractivity contribution in [2.45, 2.75) is 70.1 Å². The van der Waals surface area contributed by atoms with Crippen LogP contribution >= 0.6 is 11.6 Å². The van der Waals surface area contributed by atoms with Crippen molar-refractivity contribution in [1.82, 2.24) is 15.3 Å². The summed E-state index contributed by atoms with van der Waals surface area (Å²) >= 11 is 6.49. The van der Waals surface area contributed by atoms with Crippen LogP contribution in [0.25, 0.3) is 11.3 Å². The van der Waals surface area contributed by atoms with Crippen LogP contribution in [0.4, 0.5) is 16.0 Å². The molecule has 5 N–H and O–H groups in total. The Morgan fingerprint density at radius 1 is 1.08 bits per heavy atom. The van der Waals surface area contributed by atoms with Gasteiger partial charge in [0.1, 0.15) is 17.5 Å². The lowest BCUT2D eigenvalue weighted by molar-refractivity contribution is -0.122. The number of rotatable bonds is 9. The van der Waals surface area contributed by atoms with Gasteiger partial charge in [-0.1, -0.05) is 29.8 Å². The van der Waals surface area contributed by atoms with Gasteiger partial charge in [-0.2, -0.15) is 0 Å². The number of carbonyl (C=O) groups is 1. The van der Waals surface area contributed by atoms with Gasteiger partial charge in [-0.3, -0.25) is 4.79 Å². The van der Waals surface area contributed by atoms with Gasteiger partial charge >= 0.3 is 0 Å². The topological polar surface area (TPSA) is 105 Å². The maximum Gasteiger partial charge on any atom is 0.222 e. The standard InChI is InChI=1S/C28H34ClFN6O/c1-28(2,31)15-27(37)35-21-11-9-20(10-12-21)34-26-14-22(23(29)17-33-26)24-7-4-8-25(36-24)32-16-18-5-3-6-19(30)13-18/h3-8,13-14,17,20-21H,9-12,15-16,31H2,1-2H3,(H,32,36)(H,33,34)(H,35,37). The molecular weight excluding hydrogens is 491 g/mol.